The Bertz CT molecular complexity index is 2030. The number of benzene rings is 2. The number of rotatable bonds is 8. The summed E-state index contributed by atoms with van der Waals surface area (Å²) in [5, 5.41) is 34.9. The Morgan fingerprint density at radius 2 is 1.19 bits per heavy atom. The Morgan fingerprint density at radius 3 is 1.60 bits per heavy atom. The summed E-state index contributed by atoms with van der Waals surface area (Å²) in [7, 11) is 0. The van der Waals surface area contributed by atoms with Crippen molar-refractivity contribution in [2.45, 2.75) is 66.0 Å². The lowest BCUT2D eigenvalue weighted by Crippen LogP contribution is -2.35. The maximum absolute atomic E-state index is 12.8. The molecule has 0 aliphatic heterocycles. The molecule has 286 valence electrons. The lowest BCUT2D eigenvalue weighted by atomic mass is 10.2. The molecular formula is C30H29ClF6N8O8. The number of nitro benzene ring substituents is 2. The van der Waals surface area contributed by atoms with Gasteiger partial charge in [0.2, 0.25) is 17.4 Å². The number of aryl methyl sites for hydroxylation is 1. The van der Waals surface area contributed by atoms with Crippen LogP contribution in [0.3, 0.4) is 0 Å². The van der Waals surface area contributed by atoms with Crippen LogP contribution in [0, 0.1) is 34.1 Å². The van der Waals surface area contributed by atoms with E-state index < -0.39 is 68.3 Å². The van der Waals surface area contributed by atoms with Gasteiger partial charge in [0.15, 0.2) is 0 Å². The molecule has 0 spiro atoms. The van der Waals surface area contributed by atoms with Crippen LogP contribution in [0.1, 0.15) is 50.2 Å². The zero-order valence-electron chi connectivity index (χ0n) is 28.3. The van der Waals surface area contributed by atoms with Crippen molar-refractivity contribution in [2.24, 2.45) is 0 Å². The minimum Gasteiger partial charge on any atom is -0.430 e. The first-order valence-corrected chi connectivity index (χ1v) is 15.3. The summed E-state index contributed by atoms with van der Waals surface area (Å²) in [6.07, 6.45) is -9.48. The first-order valence-electron chi connectivity index (χ1n) is 14.9. The molecule has 0 atom stereocenters. The monoisotopic (exact) mass is 778 g/mol. The van der Waals surface area contributed by atoms with E-state index in [0.717, 1.165) is 21.5 Å². The van der Waals surface area contributed by atoms with Gasteiger partial charge in [-0.1, -0.05) is 11.6 Å². The van der Waals surface area contributed by atoms with Crippen molar-refractivity contribution in [3.05, 3.63) is 90.2 Å². The van der Waals surface area contributed by atoms with Gasteiger partial charge in [-0.15, -0.1) is 10.2 Å². The van der Waals surface area contributed by atoms with E-state index in [-0.39, 0.29) is 34.6 Å². The van der Waals surface area contributed by atoms with Crippen LogP contribution in [0.5, 0.6) is 23.3 Å². The molecule has 53 heavy (non-hydrogen) atoms. The third-order valence-electron chi connectivity index (χ3n) is 6.48. The molecular weight excluding hydrogens is 750 g/mol. The summed E-state index contributed by atoms with van der Waals surface area (Å²) >= 11 is 6.04. The second kappa shape index (κ2) is 16.2. The number of halogens is 7. The van der Waals surface area contributed by atoms with Crippen molar-refractivity contribution in [1.82, 2.24) is 30.2 Å². The Kier molecular flexibility index (Phi) is 12.7. The predicted octanol–water partition coefficient (Wildman–Crippen LogP) is 8.41. The maximum Gasteiger partial charge on any atom is 0.416 e. The van der Waals surface area contributed by atoms with Crippen LogP contribution in [0.25, 0.3) is 0 Å². The SMILES string of the molecule is Cc1c(Cl)c(Oc2ccc(C(F)(F)F)cc2[N+](=O)[O-])nn1C(=O)NC(C)C.Cc1cc(Oc2ccc(C(F)(F)F)cc2[N+](=O)[O-])nn1C(=O)NC(C)C. The number of hydrogen-bond donors (Lipinski definition) is 2. The van der Waals surface area contributed by atoms with Crippen LogP contribution in [0.4, 0.5) is 47.3 Å². The van der Waals surface area contributed by atoms with Crippen molar-refractivity contribution >= 4 is 35.0 Å². The summed E-state index contributed by atoms with van der Waals surface area (Å²) in [4.78, 5) is 44.2. The van der Waals surface area contributed by atoms with Crippen molar-refractivity contribution in [2.75, 3.05) is 0 Å². The third-order valence-corrected chi connectivity index (χ3v) is 6.91. The molecule has 2 heterocycles. The van der Waals surface area contributed by atoms with Crippen LogP contribution in [-0.4, -0.2) is 53.6 Å². The van der Waals surface area contributed by atoms with Gasteiger partial charge in [-0.2, -0.15) is 35.7 Å². The lowest BCUT2D eigenvalue weighted by molar-refractivity contribution is -0.386. The number of aromatic nitrogens is 4. The molecule has 4 rings (SSSR count). The molecule has 0 aliphatic carbocycles. The lowest BCUT2D eigenvalue weighted by Gasteiger charge is -2.09. The molecule has 2 N–H and O–H groups in total. The van der Waals surface area contributed by atoms with Gasteiger partial charge in [0.1, 0.15) is 5.02 Å². The number of hydrogen-bond acceptors (Lipinski definition) is 10. The zero-order valence-corrected chi connectivity index (χ0v) is 29.0. The molecule has 23 heteroatoms. The van der Waals surface area contributed by atoms with E-state index in [4.69, 9.17) is 21.1 Å². The molecule has 0 bridgehead atoms. The van der Waals surface area contributed by atoms with Gasteiger partial charge in [0.05, 0.1) is 32.4 Å². The number of alkyl halides is 6. The van der Waals surface area contributed by atoms with E-state index in [1.165, 1.54) is 13.0 Å². The average molecular weight is 779 g/mol. The number of nitrogens with one attached hydrogen (secondary N) is 2. The second-order valence-electron chi connectivity index (χ2n) is 11.4. The topological polar surface area (TPSA) is 199 Å². The molecule has 2 amide bonds. The molecule has 0 fully saturated rings. The van der Waals surface area contributed by atoms with Gasteiger partial charge in [-0.25, -0.2) is 9.59 Å². The Hall–Kier alpha value is -5.93. The third kappa shape index (κ3) is 10.6. The quantitative estimate of drug-likeness (QED) is 0.0994. The number of carbonyl (C=O) groups excluding carboxylic acids is 2. The van der Waals surface area contributed by atoms with Gasteiger partial charge >= 0.3 is 35.8 Å². The summed E-state index contributed by atoms with van der Waals surface area (Å²) in [6, 6.07) is 3.50. The Balaban J connectivity index is 0.000000286. The van der Waals surface area contributed by atoms with Gasteiger partial charge in [0, 0.05) is 30.3 Å². The maximum atomic E-state index is 12.8. The number of ether oxygens (including phenoxy) is 2. The van der Waals surface area contributed by atoms with E-state index in [1.807, 2.05) is 0 Å². The van der Waals surface area contributed by atoms with E-state index >= 15 is 0 Å². The fourth-order valence-electron chi connectivity index (χ4n) is 4.10. The molecule has 2 aromatic carbocycles. The minimum absolute atomic E-state index is 0.108. The molecule has 2 aromatic heterocycles. The number of amides is 2. The highest BCUT2D eigenvalue weighted by atomic mass is 35.5. The van der Waals surface area contributed by atoms with E-state index in [9.17, 15) is 56.2 Å². The normalized spacial score (nSPS) is 11.5. The minimum atomic E-state index is -4.76. The smallest absolute Gasteiger partial charge is 0.416 e. The summed E-state index contributed by atoms with van der Waals surface area (Å²) in [5.74, 6) is -1.43. The Labute approximate surface area is 299 Å². The highest BCUT2D eigenvalue weighted by molar-refractivity contribution is 6.32. The van der Waals surface area contributed by atoms with Crippen molar-refractivity contribution in [3.8, 4) is 23.3 Å². The van der Waals surface area contributed by atoms with Gasteiger partial charge in [-0.3, -0.25) is 20.2 Å². The van der Waals surface area contributed by atoms with Crippen LogP contribution in [0.15, 0.2) is 42.5 Å². The first-order chi connectivity index (χ1) is 24.4. The molecule has 16 nitrogen and oxygen atoms in total. The van der Waals surface area contributed by atoms with Crippen molar-refractivity contribution < 1.29 is 55.3 Å². The fourth-order valence-corrected chi connectivity index (χ4v) is 4.26. The summed E-state index contributed by atoms with van der Waals surface area (Å²) < 4.78 is 88.8. The Morgan fingerprint density at radius 1 is 0.755 bits per heavy atom. The number of nitrogens with zero attached hydrogens (tertiary/aromatic N) is 6. The van der Waals surface area contributed by atoms with Gasteiger partial charge < -0.3 is 20.1 Å². The van der Waals surface area contributed by atoms with Crippen LogP contribution in [0.2, 0.25) is 5.02 Å². The summed E-state index contributed by atoms with van der Waals surface area (Å²) in [6.45, 7) is 9.96. The average Bonchev–Trinajstić information content (AvgIpc) is 3.53. The predicted molar refractivity (Wildman–Crippen MR) is 173 cm³/mol. The molecule has 0 aliphatic rings. The molecule has 0 unspecified atom stereocenters. The molecule has 0 saturated heterocycles. The standard InChI is InChI=1S/C15H14ClF3N4O4.C15H15F3N4O4/c1-7(2)20-14(24)22-8(3)12(16)13(21-22)27-11-5-4-9(15(17,18)19)6-10(11)23(25)26;1-8(2)19-14(23)21-9(3)6-13(20-21)26-12-5-4-10(15(16,17)18)7-11(12)22(24)25/h4-7H,1-3H3,(H,20,24);4-8H,1-3H3,(H,19,23). The molecule has 0 radical (unpaired) electrons. The van der Waals surface area contributed by atoms with Gasteiger partial charge in [0.25, 0.3) is 5.88 Å². The first kappa shape index (κ1) is 41.5. The van der Waals surface area contributed by atoms with Crippen LogP contribution in [-0.2, 0) is 12.4 Å². The molecule has 0 saturated carbocycles. The summed E-state index contributed by atoms with van der Waals surface area (Å²) in [5.41, 5.74) is -3.58. The van der Waals surface area contributed by atoms with E-state index in [0.29, 0.717) is 30.0 Å². The van der Waals surface area contributed by atoms with Crippen molar-refractivity contribution in [1.29, 1.82) is 0 Å². The number of nitro groups is 2. The van der Waals surface area contributed by atoms with Crippen molar-refractivity contribution in [3.63, 3.8) is 0 Å². The highest BCUT2D eigenvalue weighted by Crippen LogP contribution is 2.40. The molecule has 4 aromatic rings. The van der Waals surface area contributed by atoms with Crippen LogP contribution >= 0.6 is 11.6 Å². The van der Waals surface area contributed by atoms with Gasteiger partial charge in [-0.05, 0) is 65.8 Å². The second-order valence-corrected chi connectivity index (χ2v) is 11.8. The van der Waals surface area contributed by atoms with Crippen LogP contribution < -0.4 is 20.1 Å². The van der Waals surface area contributed by atoms with E-state index in [1.54, 1.807) is 34.6 Å². The fraction of sp³-hybridized carbons (Fsp3) is 0.333. The largest absolute Gasteiger partial charge is 0.430 e. The van der Waals surface area contributed by atoms with E-state index in [2.05, 4.69) is 20.8 Å². The zero-order chi connectivity index (χ0) is 40.2. The highest BCUT2D eigenvalue weighted by Gasteiger charge is 2.35. The number of carbonyl (C=O) groups is 2.